The lowest BCUT2D eigenvalue weighted by atomic mass is 9.86. The lowest BCUT2D eigenvalue weighted by Crippen LogP contribution is -2.26. The molecule has 1 aromatic heterocycles. The fraction of sp³-hybridized carbons (Fsp3) is 0.643. The number of ether oxygens (including phenoxy) is 1. The van der Waals surface area contributed by atoms with Crippen molar-refractivity contribution < 1.29 is 9.84 Å². The molecule has 0 bridgehead atoms. The third-order valence-electron chi connectivity index (χ3n) is 2.79. The molecule has 0 aromatic carbocycles. The summed E-state index contributed by atoms with van der Waals surface area (Å²) in [6.07, 6.45) is 4.83. The molecule has 17 heavy (non-hydrogen) atoms. The predicted octanol–water partition coefficient (Wildman–Crippen LogP) is 2.82. The largest absolute Gasteiger partial charge is 0.492 e. The number of rotatable bonds is 5. The van der Waals surface area contributed by atoms with E-state index in [-0.39, 0.29) is 11.5 Å². The number of hydrogen-bond donors (Lipinski definition) is 1. The van der Waals surface area contributed by atoms with Crippen molar-refractivity contribution in [3.8, 4) is 5.75 Å². The summed E-state index contributed by atoms with van der Waals surface area (Å²) in [5.41, 5.74) is 1.05. The van der Waals surface area contributed by atoms with Crippen LogP contribution >= 0.6 is 0 Å². The third-order valence-corrected chi connectivity index (χ3v) is 2.79. The van der Waals surface area contributed by atoms with E-state index in [2.05, 4.69) is 4.98 Å². The molecule has 3 nitrogen and oxygen atoms in total. The molecule has 0 fully saturated rings. The number of aromatic nitrogens is 1. The fourth-order valence-electron chi connectivity index (χ4n) is 1.58. The minimum atomic E-state index is -0.293. The molecule has 0 amide bonds. The highest BCUT2D eigenvalue weighted by Gasteiger charge is 2.21. The summed E-state index contributed by atoms with van der Waals surface area (Å²) in [4.78, 5) is 4.14. The molecule has 1 N–H and O–H groups in total. The highest BCUT2D eigenvalue weighted by atomic mass is 16.5. The molecule has 0 aliphatic rings. The number of nitrogens with zero attached hydrogens (tertiary/aromatic N) is 1. The zero-order valence-corrected chi connectivity index (χ0v) is 11.2. The molecule has 1 atom stereocenters. The summed E-state index contributed by atoms with van der Waals surface area (Å²) < 4.78 is 5.40. The van der Waals surface area contributed by atoms with Gasteiger partial charge in [0.15, 0.2) is 0 Å². The first kappa shape index (κ1) is 14.0. The van der Waals surface area contributed by atoms with Crippen molar-refractivity contribution in [1.29, 1.82) is 0 Å². The fourth-order valence-corrected chi connectivity index (χ4v) is 1.58. The zero-order valence-electron chi connectivity index (χ0n) is 11.2. The first-order chi connectivity index (χ1) is 7.93. The number of aliphatic hydroxyl groups is 1. The molecule has 1 rings (SSSR count). The summed E-state index contributed by atoms with van der Waals surface area (Å²) in [6.45, 7) is 8.75. The summed E-state index contributed by atoms with van der Waals surface area (Å²) in [7, 11) is 0. The quantitative estimate of drug-likeness (QED) is 0.856. The van der Waals surface area contributed by atoms with Gasteiger partial charge in [-0.3, -0.25) is 4.98 Å². The molecule has 1 unspecified atom stereocenters. The second kappa shape index (κ2) is 6.01. The Labute approximate surface area is 104 Å². The van der Waals surface area contributed by atoms with Crippen molar-refractivity contribution in [2.24, 2.45) is 5.41 Å². The van der Waals surface area contributed by atoms with Crippen LogP contribution in [0.25, 0.3) is 0 Å². The van der Waals surface area contributed by atoms with E-state index < -0.39 is 0 Å². The van der Waals surface area contributed by atoms with Gasteiger partial charge in [0.25, 0.3) is 0 Å². The van der Waals surface area contributed by atoms with Crippen LogP contribution in [0.15, 0.2) is 18.5 Å². The molecule has 3 heteroatoms. The van der Waals surface area contributed by atoms with E-state index in [0.29, 0.717) is 6.61 Å². The van der Waals surface area contributed by atoms with E-state index >= 15 is 0 Å². The van der Waals surface area contributed by atoms with Crippen molar-refractivity contribution in [2.45, 2.75) is 46.6 Å². The molecule has 1 aromatic rings. The van der Waals surface area contributed by atoms with Crippen LogP contribution in [0.5, 0.6) is 5.75 Å². The van der Waals surface area contributed by atoms with Crippen LogP contribution < -0.4 is 4.74 Å². The highest BCUT2D eigenvalue weighted by Crippen LogP contribution is 2.23. The van der Waals surface area contributed by atoms with E-state index in [0.717, 1.165) is 24.2 Å². The van der Waals surface area contributed by atoms with Crippen LogP contribution in [0.4, 0.5) is 0 Å². The first-order valence-electron chi connectivity index (χ1n) is 6.18. The summed E-state index contributed by atoms with van der Waals surface area (Å²) >= 11 is 0. The van der Waals surface area contributed by atoms with E-state index in [4.69, 9.17) is 4.74 Å². The molecule has 0 spiro atoms. The van der Waals surface area contributed by atoms with Crippen molar-refractivity contribution in [3.63, 3.8) is 0 Å². The lowest BCUT2D eigenvalue weighted by molar-refractivity contribution is 0.0560. The van der Waals surface area contributed by atoms with Crippen molar-refractivity contribution in [2.75, 3.05) is 6.61 Å². The average molecular weight is 237 g/mol. The van der Waals surface area contributed by atoms with Crippen molar-refractivity contribution in [3.05, 3.63) is 24.0 Å². The maximum absolute atomic E-state index is 9.97. The Bertz CT molecular complexity index is 344. The Kier molecular flexibility index (Phi) is 4.94. The van der Waals surface area contributed by atoms with Crippen LogP contribution in [0.2, 0.25) is 0 Å². The number of hydrogen-bond acceptors (Lipinski definition) is 3. The van der Waals surface area contributed by atoms with E-state index in [1.54, 1.807) is 6.20 Å². The third kappa shape index (κ3) is 4.73. The second-order valence-corrected chi connectivity index (χ2v) is 5.38. The summed E-state index contributed by atoms with van der Waals surface area (Å²) in [6, 6.07) is 1.99. The van der Waals surface area contributed by atoms with E-state index in [1.807, 2.05) is 40.0 Å². The van der Waals surface area contributed by atoms with Gasteiger partial charge in [0.1, 0.15) is 5.75 Å². The van der Waals surface area contributed by atoms with E-state index in [9.17, 15) is 5.11 Å². The van der Waals surface area contributed by atoms with Crippen LogP contribution in [0, 0.1) is 5.41 Å². The second-order valence-electron chi connectivity index (χ2n) is 5.38. The Morgan fingerprint density at radius 3 is 2.65 bits per heavy atom. The predicted molar refractivity (Wildman–Crippen MR) is 69.2 cm³/mol. The normalized spacial score (nSPS) is 13.5. The Morgan fingerprint density at radius 1 is 1.35 bits per heavy atom. The maximum atomic E-state index is 9.97. The number of pyridine rings is 1. The van der Waals surface area contributed by atoms with Crippen molar-refractivity contribution >= 4 is 0 Å². The monoisotopic (exact) mass is 237 g/mol. The highest BCUT2D eigenvalue weighted by molar-refractivity contribution is 5.23. The molecule has 1 heterocycles. The summed E-state index contributed by atoms with van der Waals surface area (Å²) in [5, 5.41) is 9.97. The van der Waals surface area contributed by atoms with Crippen LogP contribution in [-0.2, 0) is 6.42 Å². The van der Waals surface area contributed by atoms with Gasteiger partial charge in [-0.15, -0.1) is 0 Å². The maximum Gasteiger partial charge on any atom is 0.137 e. The average Bonchev–Trinajstić information content (AvgIpc) is 2.25. The molecule has 0 radical (unpaired) electrons. The molecule has 0 aliphatic heterocycles. The molecular formula is C14H23NO2. The topological polar surface area (TPSA) is 42.4 Å². The van der Waals surface area contributed by atoms with Gasteiger partial charge in [0.2, 0.25) is 0 Å². The lowest BCUT2D eigenvalue weighted by Gasteiger charge is -2.25. The number of aryl methyl sites for hydroxylation is 1. The van der Waals surface area contributed by atoms with Gasteiger partial charge in [0, 0.05) is 6.20 Å². The first-order valence-corrected chi connectivity index (χ1v) is 6.18. The molecule has 96 valence electrons. The van der Waals surface area contributed by atoms with Crippen LogP contribution in [0.3, 0.4) is 0 Å². The van der Waals surface area contributed by atoms with Gasteiger partial charge in [-0.05, 0) is 36.8 Å². The van der Waals surface area contributed by atoms with Gasteiger partial charge in [-0.1, -0.05) is 20.8 Å². The van der Waals surface area contributed by atoms with Gasteiger partial charge >= 0.3 is 0 Å². The van der Waals surface area contributed by atoms with Crippen molar-refractivity contribution in [1.82, 2.24) is 4.98 Å². The van der Waals surface area contributed by atoms with Crippen LogP contribution in [0.1, 0.15) is 39.7 Å². The molecule has 0 saturated heterocycles. The molecule has 0 saturated carbocycles. The number of aliphatic hydroxyl groups excluding tert-OH is 1. The van der Waals surface area contributed by atoms with E-state index in [1.165, 1.54) is 0 Å². The molecule has 0 aliphatic carbocycles. The Balaban J connectivity index is 2.54. The minimum absolute atomic E-state index is 0.0645. The zero-order chi connectivity index (χ0) is 12.9. The van der Waals surface area contributed by atoms with Gasteiger partial charge in [0.05, 0.1) is 18.9 Å². The Morgan fingerprint density at radius 2 is 2.06 bits per heavy atom. The molecular weight excluding hydrogens is 214 g/mol. The van der Waals surface area contributed by atoms with Gasteiger partial charge < -0.3 is 9.84 Å². The van der Waals surface area contributed by atoms with Gasteiger partial charge in [-0.25, -0.2) is 0 Å². The standard InChI is InChI=1S/C14H23NO2/c1-5-17-12-8-11(9-15-10-12)6-7-13(16)14(2,3)4/h8-10,13,16H,5-7H2,1-4H3. The minimum Gasteiger partial charge on any atom is -0.492 e. The summed E-state index contributed by atoms with van der Waals surface area (Å²) in [5.74, 6) is 0.801. The Hall–Kier alpha value is -1.09. The van der Waals surface area contributed by atoms with Crippen LogP contribution in [-0.4, -0.2) is 22.8 Å². The smallest absolute Gasteiger partial charge is 0.137 e. The van der Waals surface area contributed by atoms with Gasteiger partial charge in [-0.2, -0.15) is 0 Å². The SMILES string of the molecule is CCOc1cncc(CCC(O)C(C)(C)C)c1.